The van der Waals surface area contributed by atoms with E-state index in [0.717, 1.165) is 12.8 Å². The SMILES string of the molecule is CC1C(=O)NCCN1C(=O)C1(C)CCCO1. The summed E-state index contributed by atoms with van der Waals surface area (Å²) in [7, 11) is 0. The van der Waals surface area contributed by atoms with Gasteiger partial charge in [0.15, 0.2) is 0 Å². The van der Waals surface area contributed by atoms with E-state index in [9.17, 15) is 9.59 Å². The smallest absolute Gasteiger partial charge is 0.255 e. The molecule has 2 unspecified atom stereocenters. The number of hydrogen-bond acceptors (Lipinski definition) is 3. The minimum Gasteiger partial charge on any atom is -0.365 e. The summed E-state index contributed by atoms with van der Waals surface area (Å²) in [5.41, 5.74) is -0.716. The lowest BCUT2D eigenvalue weighted by Gasteiger charge is -2.37. The molecule has 2 aliphatic rings. The molecule has 0 aromatic heterocycles. The average molecular weight is 226 g/mol. The Balaban J connectivity index is 2.11. The summed E-state index contributed by atoms with van der Waals surface area (Å²) in [6, 6.07) is -0.387. The van der Waals surface area contributed by atoms with Crippen molar-refractivity contribution >= 4 is 11.8 Å². The van der Waals surface area contributed by atoms with Crippen molar-refractivity contribution in [2.24, 2.45) is 0 Å². The molecule has 0 aromatic rings. The van der Waals surface area contributed by atoms with Crippen LogP contribution in [0, 0.1) is 0 Å². The molecule has 2 saturated heterocycles. The number of amides is 2. The third kappa shape index (κ3) is 1.80. The maximum atomic E-state index is 12.3. The minimum absolute atomic E-state index is 0.0487. The summed E-state index contributed by atoms with van der Waals surface area (Å²) < 4.78 is 5.52. The second kappa shape index (κ2) is 4.05. The number of nitrogens with one attached hydrogen (secondary N) is 1. The fourth-order valence-corrected chi connectivity index (χ4v) is 2.31. The van der Waals surface area contributed by atoms with Gasteiger partial charge in [0.25, 0.3) is 5.91 Å². The third-order valence-corrected chi connectivity index (χ3v) is 3.43. The molecule has 2 fully saturated rings. The van der Waals surface area contributed by atoms with Crippen LogP contribution in [-0.4, -0.2) is 48.1 Å². The minimum atomic E-state index is -0.716. The summed E-state index contributed by atoms with van der Waals surface area (Å²) in [5.74, 6) is -0.131. The number of piperazine rings is 1. The highest BCUT2D eigenvalue weighted by molar-refractivity contribution is 5.92. The van der Waals surface area contributed by atoms with E-state index in [1.807, 2.05) is 6.92 Å². The molecule has 0 bridgehead atoms. The highest BCUT2D eigenvalue weighted by Gasteiger charge is 2.43. The van der Waals surface area contributed by atoms with Crippen molar-refractivity contribution in [3.05, 3.63) is 0 Å². The summed E-state index contributed by atoms with van der Waals surface area (Å²) in [6.07, 6.45) is 1.66. The topological polar surface area (TPSA) is 58.6 Å². The van der Waals surface area contributed by atoms with Crippen molar-refractivity contribution in [3.8, 4) is 0 Å². The van der Waals surface area contributed by atoms with Gasteiger partial charge in [-0.15, -0.1) is 0 Å². The van der Waals surface area contributed by atoms with E-state index in [4.69, 9.17) is 4.74 Å². The number of carbonyl (C=O) groups is 2. The molecule has 0 spiro atoms. The van der Waals surface area contributed by atoms with Crippen LogP contribution >= 0.6 is 0 Å². The van der Waals surface area contributed by atoms with E-state index in [1.54, 1.807) is 11.8 Å². The van der Waals surface area contributed by atoms with Gasteiger partial charge in [0, 0.05) is 19.7 Å². The van der Waals surface area contributed by atoms with E-state index < -0.39 is 5.60 Å². The molecule has 5 nitrogen and oxygen atoms in total. The van der Waals surface area contributed by atoms with Gasteiger partial charge in [-0.25, -0.2) is 0 Å². The van der Waals surface area contributed by atoms with Crippen LogP contribution in [0.4, 0.5) is 0 Å². The van der Waals surface area contributed by atoms with Crippen LogP contribution in [0.25, 0.3) is 0 Å². The van der Waals surface area contributed by atoms with Crippen LogP contribution in [0.1, 0.15) is 26.7 Å². The van der Waals surface area contributed by atoms with Gasteiger partial charge in [-0.1, -0.05) is 0 Å². The highest BCUT2D eigenvalue weighted by atomic mass is 16.5. The van der Waals surface area contributed by atoms with Crippen LogP contribution in [0.15, 0.2) is 0 Å². The Morgan fingerprint density at radius 2 is 2.38 bits per heavy atom. The Bertz CT molecular complexity index is 310. The van der Waals surface area contributed by atoms with E-state index in [-0.39, 0.29) is 17.9 Å². The Labute approximate surface area is 95.1 Å². The van der Waals surface area contributed by atoms with Gasteiger partial charge in [-0.2, -0.15) is 0 Å². The van der Waals surface area contributed by atoms with Crippen LogP contribution in [0.3, 0.4) is 0 Å². The standard InChI is InChI=1S/C11H18N2O3/c1-8-9(14)12-5-6-13(8)10(15)11(2)4-3-7-16-11/h8H,3-7H2,1-2H3,(H,12,14). The summed E-state index contributed by atoms with van der Waals surface area (Å²) in [4.78, 5) is 25.4. The maximum Gasteiger partial charge on any atom is 0.255 e. The third-order valence-electron chi connectivity index (χ3n) is 3.43. The summed E-state index contributed by atoms with van der Waals surface area (Å²) in [5, 5.41) is 2.75. The van der Waals surface area contributed by atoms with E-state index in [1.165, 1.54) is 0 Å². The normalized spacial score (nSPS) is 35.0. The van der Waals surface area contributed by atoms with E-state index >= 15 is 0 Å². The summed E-state index contributed by atoms with van der Waals surface area (Å²) in [6.45, 7) is 5.32. The molecular formula is C11H18N2O3. The van der Waals surface area contributed by atoms with Crippen molar-refractivity contribution in [1.82, 2.24) is 10.2 Å². The monoisotopic (exact) mass is 226 g/mol. The maximum absolute atomic E-state index is 12.3. The largest absolute Gasteiger partial charge is 0.365 e. The Hall–Kier alpha value is -1.10. The number of rotatable bonds is 1. The molecule has 90 valence electrons. The first-order valence-corrected chi connectivity index (χ1v) is 5.77. The van der Waals surface area contributed by atoms with Crippen molar-refractivity contribution < 1.29 is 14.3 Å². The number of hydrogen-bond donors (Lipinski definition) is 1. The van der Waals surface area contributed by atoms with Crippen molar-refractivity contribution in [2.75, 3.05) is 19.7 Å². The van der Waals surface area contributed by atoms with Crippen LogP contribution in [-0.2, 0) is 14.3 Å². The zero-order chi connectivity index (χ0) is 11.8. The Kier molecular flexibility index (Phi) is 2.88. The molecule has 5 heteroatoms. The number of carbonyl (C=O) groups excluding carboxylic acids is 2. The predicted octanol–water partition coefficient (Wildman–Crippen LogP) is -0.0976. The van der Waals surface area contributed by atoms with Crippen molar-refractivity contribution in [2.45, 2.75) is 38.3 Å². The fourth-order valence-electron chi connectivity index (χ4n) is 2.31. The van der Waals surface area contributed by atoms with Gasteiger partial charge >= 0.3 is 0 Å². The number of nitrogens with zero attached hydrogens (tertiary/aromatic N) is 1. The quantitative estimate of drug-likeness (QED) is 0.679. The number of ether oxygens (including phenoxy) is 1. The van der Waals surface area contributed by atoms with Gasteiger partial charge in [0.05, 0.1) is 0 Å². The highest BCUT2D eigenvalue weighted by Crippen LogP contribution is 2.28. The molecule has 2 heterocycles. The second-order valence-corrected chi connectivity index (χ2v) is 4.65. The first-order valence-electron chi connectivity index (χ1n) is 5.77. The van der Waals surface area contributed by atoms with Gasteiger partial charge in [0.2, 0.25) is 5.91 Å². The average Bonchev–Trinajstić information content (AvgIpc) is 2.70. The molecule has 2 atom stereocenters. The lowest BCUT2D eigenvalue weighted by molar-refractivity contribution is -0.157. The Morgan fingerprint density at radius 1 is 1.62 bits per heavy atom. The van der Waals surface area contributed by atoms with Crippen molar-refractivity contribution in [3.63, 3.8) is 0 Å². The van der Waals surface area contributed by atoms with Crippen LogP contribution < -0.4 is 5.32 Å². The van der Waals surface area contributed by atoms with Crippen LogP contribution in [0.5, 0.6) is 0 Å². The van der Waals surface area contributed by atoms with Crippen LogP contribution in [0.2, 0.25) is 0 Å². The van der Waals surface area contributed by atoms with Gasteiger partial charge < -0.3 is 15.0 Å². The van der Waals surface area contributed by atoms with E-state index in [0.29, 0.717) is 19.7 Å². The molecule has 2 rings (SSSR count). The summed E-state index contributed by atoms with van der Waals surface area (Å²) >= 11 is 0. The molecule has 0 radical (unpaired) electrons. The fraction of sp³-hybridized carbons (Fsp3) is 0.818. The van der Waals surface area contributed by atoms with E-state index in [2.05, 4.69) is 5.32 Å². The lowest BCUT2D eigenvalue weighted by Crippen LogP contribution is -2.60. The molecule has 16 heavy (non-hydrogen) atoms. The van der Waals surface area contributed by atoms with Crippen molar-refractivity contribution in [1.29, 1.82) is 0 Å². The molecule has 0 aliphatic carbocycles. The Morgan fingerprint density at radius 3 is 3.00 bits per heavy atom. The molecule has 0 aromatic carbocycles. The zero-order valence-corrected chi connectivity index (χ0v) is 9.78. The first-order chi connectivity index (χ1) is 7.54. The second-order valence-electron chi connectivity index (χ2n) is 4.65. The van der Waals surface area contributed by atoms with Gasteiger partial charge in [0.1, 0.15) is 11.6 Å². The lowest BCUT2D eigenvalue weighted by atomic mass is 9.99. The molecule has 0 saturated carbocycles. The first kappa shape index (κ1) is 11.4. The molecule has 1 N–H and O–H groups in total. The zero-order valence-electron chi connectivity index (χ0n) is 9.78. The van der Waals surface area contributed by atoms with Gasteiger partial charge in [-0.05, 0) is 26.7 Å². The van der Waals surface area contributed by atoms with Gasteiger partial charge in [-0.3, -0.25) is 9.59 Å². The molecule has 2 amide bonds. The molecular weight excluding hydrogens is 208 g/mol. The predicted molar refractivity (Wildman–Crippen MR) is 57.8 cm³/mol. The molecule has 2 aliphatic heterocycles.